The van der Waals surface area contributed by atoms with Crippen LogP contribution in [0.3, 0.4) is 0 Å². The van der Waals surface area contributed by atoms with Gasteiger partial charge in [0.15, 0.2) is 0 Å². The van der Waals surface area contributed by atoms with E-state index < -0.39 is 0 Å². The molecule has 0 aromatic heterocycles. The zero-order valence-electron chi connectivity index (χ0n) is 6.25. The predicted octanol–water partition coefficient (Wildman–Crippen LogP) is 0.544. The van der Waals surface area contributed by atoms with Crippen LogP contribution in [-0.2, 0) is 9.47 Å². The first-order chi connectivity index (χ1) is 4.85. The van der Waals surface area contributed by atoms with Crippen molar-refractivity contribution in [2.75, 3.05) is 19.8 Å². The standard InChI is InChI=1S/C4H8O.C3H6O2/c1-3-5-4-2;4-1-3-2-5-3/h3H,1,4H2,2H3;3-4H,1-2H2. The summed E-state index contributed by atoms with van der Waals surface area (Å²) in [4.78, 5) is 0. The van der Waals surface area contributed by atoms with Crippen molar-refractivity contribution in [3.63, 3.8) is 0 Å². The van der Waals surface area contributed by atoms with Gasteiger partial charge in [0.05, 0.1) is 26.1 Å². The van der Waals surface area contributed by atoms with E-state index in [-0.39, 0.29) is 12.7 Å². The molecule has 0 aromatic carbocycles. The molecule has 0 spiro atoms. The third-order valence-electron chi connectivity index (χ3n) is 0.891. The molecule has 60 valence electrons. The van der Waals surface area contributed by atoms with Crippen LogP contribution in [0.2, 0.25) is 0 Å². The van der Waals surface area contributed by atoms with Gasteiger partial charge in [-0.3, -0.25) is 0 Å². The van der Waals surface area contributed by atoms with Crippen LogP contribution >= 0.6 is 0 Å². The van der Waals surface area contributed by atoms with E-state index in [1.165, 1.54) is 6.26 Å². The second-order valence-electron chi connectivity index (χ2n) is 1.76. The highest BCUT2D eigenvalue weighted by Gasteiger charge is 2.19. The van der Waals surface area contributed by atoms with Crippen molar-refractivity contribution in [2.45, 2.75) is 13.0 Å². The van der Waals surface area contributed by atoms with E-state index in [1.54, 1.807) is 0 Å². The molecule has 1 aliphatic heterocycles. The summed E-state index contributed by atoms with van der Waals surface area (Å²) in [5, 5.41) is 8.08. The average Bonchev–Trinajstić information content (AvgIpc) is 2.72. The second-order valence-corrected chi connectivity index (χ2v) is 1.76. The van der Waals surface area contributed by atoms with Crippen LogP contribution in [0.15, 0.2) is 12.8 Å². The molecule has 10 heavy (non-hydrogen) atoms. The van der Waals surface area contributed by atoms with Crippen LogP contribution in [0.25, 0.3) is 0 Å². The highest BCUT2D eigenvalue weighted by molar-refractivity contribution is 4.65. The van der Waals surface area contributed by atoms with Gasteiger partial charge in [0.25, 0.3) is 0 Å². The molecule has 0 bridgehead atoms. The van der Waals surface area contributed by atoms with Gasteiger partial charge in [0.1, 0.15) is 6.10 Å². The largest absolute Gasteiger partial charge is 0.502 e. The number of aliphatic hydroxyl groups excluding tert-OH is 1. The smallest absolute Gasteiger partial charge is 0.104 e. The van der Waals surface area contributed by atoms with Crippen molar-refractivity contribution in [2.24, 2.45) is 0 Å². The molecule has 1 rings (SSSR count). The summed E-state index contributed by atoms with van der Waals surface area (Å²) in [5.41, 5.74) is 0. The van der Waals surface area contributed by atoms with Gasteiger partial charge in [-0.05, 0) is 6.92 Å². The normalized spacial score (nSPS) is 20.4. The van der Waals surface area contributed by atoms with Crippen molar-refractivity contribution >= 4 is 0 Å². The van der Waals surface area contributed by atoms with E-state index in [9.17, 15) is 0 Å². The zero-order chi connectivity index (χ0) is 7.82. The number of epoxide rings is 1. The molecule has 1 heterocycles. The van der Waals surface area contributed by atoms with Gasteiger partial charge in [-0.15, -0.1) is 0 Å². The Morgan fingerprint density at radius 1 is 1.90 bits per heavy atom. The third-order valence-corrected chi connectivity index (χ3v) is 0.891. The van der Waals surface area contributed by atoms with Crippen molar-refractivity contribution in [1.29, 1.82) is 0 Å². The monoisotopic (exact) mass is 146 g/mol. The summed E-state index contributed by atoms with van der Waals surface area (Å²) in [6.45, 7) is 6.93. The molecule has 1 unspecified atom stereocenters. The zero-order valence-corrected chi connectivity index (χ0v) is 6.25. The number of hydrogen-bond acceptors (Lipinski definition) is 3. The van der Waals surface area contributed by atoms with Gasteiger partial charge < -0.3 is 14.6 Å². The lowest BCUT2D eigenvalue weighted by Gasteiger charge is -1.84. The summed E-state index contributed by atoms with van der Waals surface area (Å²) < 4.78 is 9.20. The Morgan fingerprint density at radius 3 is 2.50 bits per heavy atom. The first-order valence-corrected chi connectivity index (χ1v) is 3.30. The minimum absolute atomic E-state index is 0.190. The topological polar surface area (TPSA) is 42.0 Å². The first-order valence-electron chi connectivity index (χ1n) is 3.30. The van der Waals surface area contributed by atoms with Crippen molar-refractivity contribution in [3.8, 4) is 0 Å². The second kappa shape index (κ2) is 6.58. The Labute approximate surface area is 61.3 Å². The van der Waals surface area contributed by atoms with Crippen LogP contribution < -0.4 is 0 Å². The lowest BCUT2D eigenvalue weighted by atomic mass is 10.5. The molecule has 3 heteroatoms. The first kappa shape index (κ1) is 9.46. The molecule has 0 saturated carbocycles. The van der Waals surface area contributed by atoms with Crippen LogP contribution in [0.1, 0.15) is 6.92 Å². The lowest BCUT2D eigenvalue weighted by Crippen LogP contribution is -1.88. The molecule has 3 nitrogen and oxygen atoms in total. The van der Waals surface area contributed by atoms with Gasteiger partial charge in [0.2, 0.25) is 0 Å². The van der Waals surface area contributed by atoms with E-state index in [0.29, 0.717) is 0 Å². The number of hydrogen-bond donors (Lipinski definition) is 1. The Morgan fingerprint density at radius 2 is 2.50 bits per heavy atom. The van der Waals surface area contributed by atoms with Crippen LogP contribution in [0, 0.1) is 0 Å². The lowest BCUT2D eigenvalue weighted by molar-refractivity contribution is 0.244. The minimum atomic E-state index is 0.190. The van der Waals surface area contributed by atoms with Crippen LogP contribution in [0.5, 0.6) is 0 Å². The summed E-state index contributed by atoms with van der Waals surface area (Å²) in [6.07, 6.45) is 1.62. The molecule has 1 fully saturated rings. The van der Waals surface area contributed by atoms with E-state index >= 15 is 0 Å². The summed E-state index contributed by atoms with van der Waals surface area (Å²) in [6, 6.07) is 0. The Bertz CT molecular complexity index is 78.9. The molecule has 0 aromatic rings. The minimum Gasteiger partial charge on any atom is -0.502 e. The quantitative estimate of drug-likeness (QED) is 0.467. The van der Waals surface area contributed by atoms with Gasteiger partial charge in [-0.1, -0.05) is 6.58 Å². The highest BCUT2D eigenvalue weighted by atomic mass is 16.6. The van der Waals surface area contributed by atoms with Crippen molar-refractivity contribution in [3.05, 3.63) is 12.8 Å². The van der Waals surface area contributed by atoms with E-state index in [2.05, 4.69) is 16.1 Å². The molecule has 0 aliphatic carbocycles. The fourth-order valence-corrected chi connectivity index (χ4v) is 0.291. The average molecular weight is 146 g/mol. The fraction of sp³-hybridized carbons (Fsp3) is 0.714. The Balaban J connectivity index is 0.000000162. The van der Waals surface area contributed by atoms with Crippen molar-refractivity contribution in [1.82, 2.24) is 0 Å². The molecular formula is C7H14O3. The molecule has 1 atom stereocenters. The fourth-order valence-electron chi connectivity index (χ4n) is 0.291. The van der Waals surface area contributed by atoms with Crippen molar-refractivity contribution < 1.29 is 14.6 Å². The van der Waals surface area contributed by atoms with Gasteiger partial charge in [0, 0.05) is 0 Å². The summed E-state index contributed by atoms with van der Waals surface area (Å²) in [5.74, 6) is 0. The Hall–Kier alpha value is -0.540. The molecule has 0 radical (unpaired) electrons. The van der Waals surface area contributed by atoms with E-state index in [4.69, 9.17) is 5.11 Å². The third kappa shape index (κ3) is 7.46. The number of aliphatic hydroxyl groups is 1. The molecule has 0 amide bonds. The summed E-state index contributed by atoms with van der Waals surface area (Å²) in [7, 11) is 0. The predicted molar refractivity (Wildman–Crippen MR) is 38.6 cm³/mol. The highest BCUT2D eigenvalue weighted by Crippen LogP contribution is 2.04. The maximum absolute atomic E-state index is 8.08. The summed E-state index contributed by atoms with van der Waals surface area (Å²) >= 11 is 0. The maximum Gasteiger partial charge on any atom is 0.104 e. The van der Waals surface area contributed by atoms with Gasteiger partial charge in [-0.25, -0.2) is 0 Å². The van der Waals surface area contributed by atoms with Gasteiger partial charge >= 0.3 is 0 Å². The van der Waals surface area contributed by atoms with E-state index in [0.717, 1.165) is 13.2 Å². The molecular weight excluding hydrogens is 132 g/mol. The Kier molecular flexibility index (Phi) is 6.22. The maximum atomic E-state index is 8.08. The molecule has 1 aliphatic rings. The molecule has 1 saturated heterocycles. The van der Waals surface area contributed by atoms with Crippen LogP contribution in [0.4, 0.5) is 0 Å². The molecule has 1 N–H and O–H groups in total. The van der Waals surface area contributed by atoms with Gasteiger partial charge in [-0.2, -0.15) is 0 Å². The SMILES string of the molecule is C=COCC.OCC1CO1. The number of ether oxygens (including phenoxy) is 2. The van der Waals surface area contributed by atoms with Crippen LogP contribution in [-0.4, -0.2) is 31.0 Å². The number of rotatable bonds is 3. The van der Waals surface area contributed by atoms with E-state index in [1.807, 2.05) is 6.92 Å².